The minimum atomic E-state index is -0.161. The van der Waals surface area contributed by atoms with Gasteiger partial charge in [-0.1, -0.05) is 24.3 Å². The molecule has 0 aliphatic carbocycles. The molecule has 0 spiro atoms. The van der Waals surface area contributed by atoms with Crippen LogP contribution in [-0.4, -0.2) is 17.9 Å². The monoisotopic (exact) mass is 297 g/mol. The summed E-state index contributed by atoms with van der Waals surface area (Å²) in [6.45, 7) is 0.528. The Morgan fingerprint density at radius 1 is 1.24 bits per heavy atom. The largest absolute Gasteiger partial charge is 0.388 e. The van der Waals surface area contributed by atoms with Crippen LogP contribution in [0.5, 0.6) is 0 Å². The molecule has 0 saturated carbocycles. The number of para-hydroxylation sites is 1. The maximum Gasteiger partial charge on any atom is 0.270 e. The van der Waals surface area contributed by atoms with Crippen LogP contribution in [0.4, 0.5) is 5.69 Å². The highest BCUT2D eigenvalue weighted by molar-refractivity contribution is 7.09. The lowest BCUT2D eigenvalue weighted by Gasteiger charge is -2.09. The van der Waals surface area contributed by atoms with Crippen molar-refractivity contribution >= 4 is 33.8 Å². The first-order valence-corrected chi connectivity index (χ1v) is 7.54. The molecule has 1 aromatic carbocycles. The van der Waals surface area contributed by atoms with Gasteiger partial charge >= 0.3 is 0 Å². The molecular weight excluding hydrogens is 282 g/mol. The van der Waals surface area contributed by atoms with Crippen LogP contribution in [0.2, 0.25) is 0 Å². The second-order valence-corrected chi connectivity index (χ2v) is 5.62. The van der Waals surface area contributed by atoms with Gasteiger partial charge in [0, 0.05) is 23.0 Å². The number of carbonyl (C=O) groups is 1. The third-order valence-corrected chi connectivity index (χ3v) is 4.10. The van der Waals surface area contributed by atoms with E-state index < -0.39 is 0 Å². The summed E-state index contributed by atoms with van der Waals surface area (Å²) in [5.74, 6) is -0.161. The number of pyridine rings is 1. The lowest BCUT2D eigenvalue weighted by atomic mass is 10.1. The first kappa shape index (κ1) is 13.6. The average molecular weight is 297 g/mol. The number of hydrogen-bond acceptors (Lipinski definition) is 4. The molecule has 106 valence electrons. The second-order valence-electron chi connectivity index (χ2n) is 4.58. The van der Waals surface area contributed by atoms with Gasteiger partial charge in [-0.25, -0.2) is 4.98 Å². The van der Waals surface area contributed by atoms with Crippen LogP contribution in [0.1, 0.15) is 15.4 Å². The number of thiophene rings is 1. The van der Waals surface area contributed by atoms with Crippen LogP contribution in [0.3, 0.4) is 0 Å². The molecule has 4 nitrogen and oxygen atoms in total. The number of hydrogen-bond donors (Lipinski definition) is 2. The summed E-state index contributed by atoms with van der Waals surface area (Å²) in [5.41, 5.74) is 2.14. The molecule has 3 aromatic rings. The van der Waals surface area contributed by atoms with E-state index in [4.69, 9.17) is 0 Å². The summed E-state index contributed by atoms with van der Waals surface area (Å²) < 4.78 is 0. The van der Waals surface area contributed by atoms with Gasteiger partial charge in [-0.05, 0) is 23.6 Å². The highest BCUT2D eigenvalue weighted by Gasteiger charge is 2.11. The molecule has 0 saturated heterocycles. The number of benzene rings is 1. The molecule has 0 radical (unpaired) electrons. The summed E-state index contributed by atoms with van der Waals surface area (Å²) in [7, 11) is 1.84. The molecule has 0 aliphatic heterocycles. The van der Waals surface area contributed by atoms with E-state index in [1.165, 1.54) is 0 Å². The lowest BCUT2D eigenvalue weighted by molar-refractivity contribution is 0.0946. The van der Waals surface area contributed by atoms with Gasteiger partial charge in [-0.3, -0.25) is 4.79 Å². The second kappa shape index (κ2) is 5.93. The Labute approximate surface area is 126 Å². The summed E-state index contributed by atoms with van der Waals surface area (Å²) in [5, 5.41) is 9.02. The fraction of sp³-hybridized carbons (Fsp3) is 0.125. The molecule has 0 bridgehead atoms. The van der Waals surface area contributed by atoms with Crippen molar-refractivity contribution in [2.24, 2.45) is 0 Å². The van der Waals surface area contributed by atoms with Gasteiger partial charge in [0.25, 0.3) is 5.91 Å². The Balaban J connectivity index is 1.87. The molecule has 21 heavy (non-hydrogen) atoms. The van der Waals surface area contributed by atoms with Crippen LogP contribution in [0.15, 0.2) is 47.8 Å². The quantitative estimate of drug-likeness (QED) is 0.777. The maximum absolute atomic E-state index is 12.3. The van der Waals surface area contributed by atoms with Gasteiger partial charge in [0.2, 0.25) is 0 Å². The van der Waals surface area contributed by atoms with Crippen molar-refractivity contribution in [3.8, 4) is 0 Å². The van der Waals surface area contributed by atoms with Crippen molar-refractivity contribution in [2.75, 3.05) is 12.4 Å². The van der Waals surface area contributed by atoms with E-state index in [0.717, 1.165) is 21.5 Å². The molecule has 0 aliphatic rings. The smallest absolute Gasteiger partial charge is 0.270 e. The predicted molar refractivity (Wildman–Crippen MR) is 86.8 cm³/mol. The average Bonchev–Trinajstić information content (AvgIpc) is 3.04. The van der Waals surface area contributed by atoms with E-state index in [2.05, 4.69) is 15.6 Å². The van der Waals surface area contributed by atoms with Gasteiger partial charge in [-0.15, -0.1) is 11.3 Å². The van der Waals surface area contributed by atoms with Crippen molar-refractivity contribution in [3.63, 3.8) is 0 Å². The number of rotatable bonds is 4. The number of nitrogens with zero attached hydrogens (tertiary/aromatic N) is 1. The number of anilines is 1. The molecule has 0 unspecified atom stereocenters. The van der Waals surface area contributed by atoms with E-state index in [1.807, 2.05) is 48.8 Å². The van der Waals surface area contributed by atoms with Gasteiger partial charge in [-0.2, -0.15) is 0 Å². The number of amides is 1. The normalized spacial score (nSPS) is 10.5. The highest BCUT2D eigenvalue weighted by Crippen LogP contribution is 2.22. The Kier molecular flexibility index (Phi) is 3.83. The molecule has 2 aromatic heterocycles. The first-order chi connectivity index (χ1) is 10.3. The van der Waals surface area contributed by atoms with Crippen LogP contribution < -0.4 is 10.6 Å². The van der Waals surface area contributed by atoms with Gasteiger partial charge in [0.15, 0.2) is 0 Å². The topological polar surface area (TPSA) is 54.0 Å². The summed E-state index contributed by atoms with van der Waals surface area (Å²) >= 11 is 1.62. The van der Waals surface area contributed by atoms with Gasteiger partial charge < -0.3 is 10.6 Å². The molecule has 2 N–H and O–H groups in total. The fourth-order valence-corrected chi connectivity index (χ4v) is 2.81. The SMILES string of the molecule is CNc1cc(C(=O)NCc2cccs2)nc2ccccc12. The molecule has 2 heterocycles. The number of nitrogens with one attached hydrogen (secondary N) is 2. The summed E-state index contributed by atoms with van der Waals surface area (Å²) in [6, 6.07) is 13.5. The minimum Gasteiger partial charge on any atom is -0.388 e. The first-order valence-electron chi connectivity index (χ1n) is 6.66. The van der Waals surface area contributed by atoms with Gasteiger partial charge in [0.05, 0.1) is 12.1 Å². The third kappa shape index (κ3) is 2.87. The van der Waals surface area contributed by atoms with E-state index >= 15 is 0 Å². The minimum absolute atomic E-state index is 0.161. The molecule has 3 rings (SSSR count). The number of fused-ring (bicyclic) bond motifs is 1. The molecule has 0 atom stereocenters. The zero-order valence-corrected chi connectivity index (χ0v) is 12.4. The van der Waals surface area contributed by atoms with Crippen LogP contribution in [-0.2, 0) is 6.54 Å². The molecule has 5 heteroatoms. The van der Waals surface area contributed by atoms with Crippen molar-refractivity contribution in [3.05, 3.63) is 58.4 Å². The van der Waals surface area contributed by atoms with Gasteiger partial charge in [0.1, 0.15) is 5.69 Å². The van der Waals surface area contributed by atoms with Crippen molar-refractivity contribution < 1.29 is 4.79 Å². The fourth-order valence-electron chi connectivity index (χ4n) is 2.17. The maximum atomic E-state index is 12.3. The highest BCUT2D eigenvalue weighted by atomic mass is 32.1. The Morgan fingerprint density at radius 2 is 2.10 bits per heavy atom. The Morgan fingerprint density at radius 3 is 2.86 bits per heavy atom. The van der Waals surface area contributed by atoms with Crippen LogP contribution >= 0.6 is 11.3 Å². The van der Waals surface area contributed by atoms with E-state index in [1.54, 1.807) is 17.4 Å². The van der Waals surface area contributed by atoms with Crippen LogP contribution in [0, 0.1) is 0 Å². The molecular formula is C16H15N3OS. The number of aromatic nitrogens is 1. The standard InChI is InChI=1S/C16H15N3OS/c1-17-14-9-15(19-13-7-3-2-6-12(13)14)16(20)18-10-11-5-4-8-21-11/h2-9H,10H2,1H3,(H,17,19)(H,18,20). The van der Waals surface area contributed by atoms with E-state index in [9.17, 15) is 4.79 Å². The molecule has 1 amide bonds. The lowest BCUT2D eigenvalue weighted by Crippen LogP contribution is -2.23. The van der Waals surface area contributed by atoms with Crippen LogP contribution in [0.25, 0.3) is 10.9 Å². The molecule has 0 fully saturated rings. The predicted octanol–water partition coefficient (Wildman–Crippen LogP) is 3.27. The van der Waals surface area contributed by atoms with E-state index in [-0.39, 0.29) is 5.91 Å². The van der Waals surface area contributed by atoms with E-state index in [0.29, 0.717) is 12.2 Å². The van der Waals surface area contributed by atoms with Crippen molar-refractivity contribution in [1.82, 2.24) is 10.3 Å². The van der Waals surface area contributed by atoms with Crippen molar-refractivity contribution in [1.29, 1.82) is 0 Å². The zero-order chi connectivity index (χ0) is 14.7. The van der Waals surface area contributed by atoms with Crippen molar-refractivity contribution in [2.45, 2.75) is 6.54 Å². The Bertz CT molecular complexity index is 768. The zero-order valence-electron chi connectivity index (χ0n) is 11.6. The number of carbonyl (C=O) groups excluding carboxylic acids is 1. The summed E-state index contributed by atoms with van der Waals surface area (Å²) in [6.07, 6.45) is 0. The third-order valence-electron chi connectivity index (χ3n) is 3.22. The Hall–Kier alpha value is -2.40. The summed E-state index contributed by atoms with van der Waals surface area (Å²) in [4.78, 5) is 17.8.